The monoisotopic (exact) mass is 392 g/mol. The maximum absolute atomic E-state index is 12.5. The molecule has 0 bridgehead atoms. The topological polar surface area (TPSA) is 83.1 Å². The first-order chi connectivity index (χ1) is 13.4. The number of nitrogens with zero attached hydrogens (tertiary/aromatic N) is 1. The van der Waals surface area contributed by atoms with Crippen LogP contribution in [0.3, 0.4) is 0 Å². The minimum atomic E-state index is -0.573. The van der Waals surface area contributed by atoms with E-state index in [9.17, 15) is 14.9 Å². The molecular formula is C22H20N2O3S. The minimum Gasteiger partial charge on any atom is -0.468 e. The number of allylic oxidation sites excluding steroid dienone is 3. The molecule has 0 radical (unpaired) electrons. The van der Waals surface area contributed by atoms with Gasteiger partial charge in [-0.15, -0.1) is 0 Å². The number of furan rings is 1. The van der Waals surface area contributed by atoms with E-state index >= 15 is 0 Å². The van der Waals surface area contributed by atoms with E-state index in [2.05, 4.69) is 11.4 Å². The summed E-state index contributed by atoms with van der Waals surface area (Å²) in [5.74, 6) is -0.00483. The van der Waals surface area contributed by atoms with Crippen molar-refractivity contribution in [2.24, 2.45) is 0 Å². The van der Waals surface area contributed by atoms with Crippen LogP contribution in [0, 0.1) is 18.3 Å². The number of Topliss-reactive ketones (excluding diaryl/α,β-unsaturated/α-hetero) is 2. The van der Waals surface area contributed by atoms with Gasteiger partial charge in [-0.3, -0.25) is 9.59 Å². The number of ketones is 2. The van der Waals surface area contributed by atoms with Crippen LogP contribution in [0.25, 0.3) is 0 Å². The summed E-state index contributed by atoms with van der Waals surface area (Å²) in [6.45, 7) is 5.24. The van der Waals surface area contributed by atoms with E-state index in [-0.39, 0.29) is 17.3 Å². The lowest BCUT2D eigenvalue weighted by molar-refractivity contribution is -0.113. The van der Waals surface area contributed by atoms with E-state index in [4.69, 9.17) is 4.42 Å². The molecule has 0 spiro atoms. The fourth-order valence-electron chi connectivity index (χ4n) is 3.19. The molecule has 0 fully saturated rings. The maximum Gasteiger partial charge on any atom is 0.173 e. The molecule has 0 unspecified atom stereocenters. The van der Waals surface area contributed by atoms with E-state index in [1.807, 2.05) is 19.1 Å². The summed E-state index contributed by atoms with van der Waals surface area (Å²) in [7, 11) is 0. The summed E-state index contributed by atoms with van der Waals surface area (Å²) in [5.41, 5.74) is 3.27. The zero-order valence-electron chi connectivity index (χ0n) is 15.9. The quantitative estimate of drug-likeness (QED) is 0.730. The van der Waals surface area contributed by atoms with E-state index in [1.165, 1.54) is 24.9 Å². The van der Waals surface area contributed by atoms with Crippen molar-refractivity contribution in [1.82, 2.24) is 5.32 Å². The molecule has 1 aromatic carbocycles. The number of rotatable bonds is 6. The number of thioether (sulfide) groups is 1. The van der Waals surface area contributed by atoms with Gasteiger partial charge in [-0.25, -0.2) is 0 Å². The van der Waals surface area contributed by atoms with Gasteiger partial charge in [0.2, 0.25) is 0 Å². The van der Waals surface area contributed by atoms with Crippen LogP contribution < -0.4 is 5.32 Å². The molecule has 0 aliphatic carbocycles. The highest BCUT2D eigenvalue weighted by Gasteiger charge is 2.34. The zero-order chi connectivity index (χ0) is 20.3. The predicted octanol–water partition coefficient (Wildman–Crippen LogP) is 4.49. The fourth-order valence-corrected chi connectivity index (χ4v) is 4.18. The summed E-state index contributed by atoms with van der Waals surface area (Å²) < 4.78 is 5.51. The number of hydrogen-bond donors (Lipinski definition) is 1. The Hall–Kier alpha value is -3.04. The molecule has 1 aliphatic rings. The predicted molar refractivity (Wildman–Crippen MR) is 109 cm³/mol. The Morgan fingerprint density at radius 1 is 1.21 bits per heavy atom. The van der Waals surface area contributed by atoms with Crippen molar-refractivity contribution in [3.05, 3.63) is 81.4 Å². The van der Waals surface area contributed by atoms with Crippen molar-refractivity contribution in [2.45, 2.75) is 26.7 Å². The van der Waals surface area contributed by atoms with Crippen LogP contribution in [0.5, 0.6) is 0 Å². The van der Waals surface area contributed by atoms with Gasteiger partial charge < -0.3 is 9.73 Å². The van der Waals surface area contributed by atoms with Crippen LogP contribution in [0.1, 0.15) is 41.4 Å². The molecule has 5 nitrogen and oxygen atoms in total. The number of nitriles is 1. The van der Waals surface area contributed by atoms with Crippen LogP contribution in [-0.2, 0) is 4.79 Å². The highest BCUT2D eigenvalue weighted by Crippen LogP contribution is 2.41. The third kappa shape index (κ3) is 3.95. The Bertz CT molecular complexity index is 1010. The highest BCUT2D eigenvalue weighted by atomic mass is 32.2. The lowest BCUT2D eigenvalue weighted by atomic mass is 9.84. The molecular weight excluding hydrogens is 372 g/mol. The third-order valence-corrected chi connectivity index (χ3v) is 5.59. The van der Waals surface area contributed by atoms with Crippen molar-refractivity contribution < 1.29 is 14.0 Å². The van der Waals surface area contributed by atoms with Gasteiger partial charge in [-0.1, -0.05) is 41.6 Å². The van der Waals surface area contributed by atoms with Gasteiger partial charge in [-0.2, -0.15) is 5.26 Å². The molecule has 3 rings (SSSR count). The molecule has 1 aromatic heterocycles. The highest BCUT2D eigenvalue weighted by molar-refractivity contribution is 8.03. The summed E-state index contributed by atoms with van der Waals surface area (Å²) in [6.07, 6.45) is 1.52. The minimum absolute atomic E-state index is 0.0230. The van der Waals surface area contributed by atoms with Gasteiger partial charge in [0, 0.05) is 16.8 Å². The van der Waals surface area contributed by atoms with Crippen molar-refractivity contribution in [2.75, 3.05) is 5.75 Å². The van der Waals surface area contributed by atoms with Gasteiger partial charge in [-0.05, 0) is 32.9 Å². The van der Waals surface area contributed by atoms with Gasteiger partial charge in [0.05, 0.1) is 34.6 Å². The number of carbonyl (C=O) groups excluding carboxylic acids is 2. The average Bonchev–Trinajstić information content (AvgIpc) is 3.20. The molecule has 1 aliphatic heterocycles. The van der Waals surface area contributed by atoms with E-state index in [0.29, 0.717) is 33.2 Å². The number of nitrogens with one attached hydrogen (secondary N) is 1. The molecule has 142 valence electrons. The number of aryl methyl sites for hydroxylation is 1. The molecule has 1 N–H and O–H groups in total. The third-order valence-electron chi connectivity index (χ3n) is 4.58. The van der Waals surface area contributed by atoms with E-state index < -0.39 is 5.92 Å². The smallest absolute Gasteiger partial charge is 0.173 e. The lowest BCUT2D eigenvalue weighted by Gasteiger charge is -2.27. The SMILES string of the molecule is CC(=O)C1=C(C)NC(SCC(=O)c2ccc(C)cc2)=C(C#N)[C@H]1c1ccco1. The average molecular weight is 392 g/mol. The van der Waals surface area contributed by atoms with Crippen LogP contribution in [-0.4, -0.2) is 17.3 Å². The van der Waals surface area contributed by atoms with Gasteiger partial charge in [0.1, 0.15) is 5.76 Å². The lowest BCUT2D eigenvalue weighted by Crippen LogP contribution is -2.27. The van der Waals surface area contributed by atoms with Gasteiger partial charge in [0.25, 0.3) is 0 Å². The fraction of sp³-hybridized carbons (Fsp3) is 0.227. The van der Waals surface area contributed by atoms with E-state index in [0.717, 1.165) is 5.56 Å². The number of hydrogen-bond acceptors (Lipinski definition) is 6. The molecule has 6 heteroatoms. The summed E-state index contributed by atoms with van der Waals surface area (Å²) in [6, 6.07) is 13.1. The molecule has 0 saturated heterocycles. The Morgan fingerprint density at radius 2 is 1.93 bits per heavy atom. The second-order valence-electron chi connectivity index (χ2n) is 6.60. The van der Waals surface area contributed by atoms with Crippen LogP contribution >= 0.6 is 11.8 Å². The summed E-state index contributed by atoms with van der Waals surface area (Å²) >= 11 is 1.27. The Morgan fingerprint density at radius 3 is 2.50 bits per heavy atom. The summed E-state index contributed by atoms with van der Waals surface area (Å²) in [5, 5.41) is 13.5. The molecule has 0 saturated carbocycles. The van der Waals surface area contributed by atoms with Gasteiger partial charge >= 0.3 is 0 Å². The van der Waals surface area contributed by atoms with Crippen LogP contribution in [0.4, 0.5) is 0 Å². The van der Waals surface area contributed by atoms with Crippen molar-refractivity contribution >= 4 is 23.3 Å². The molecule has 2 aromatic rings. The van der Waals surface area contributed by atoms with Crippen molar-refractivity contribution in [1.29, 1.82) is 5.26 Å². The summed E-state index contributed by atoms with van der Waals surface area (Å²) in [4.78, 5) is 24.7. The van der Waals surface area contributed by atoms with Crippen molar-refractivity contribution in [3.63, 3.8) is 0 Å². The second kappa shape index (κ2) is 8.32. The largest absolute Gasteiger partial charge is 0.468 e. The number of carbonyl (C=O) groups is 2. The maximum atomic E-state index is 12.5. The molecule has 1 atom stereocenters. The number of benzene rings is 1. The zero-order valence-corrected chi connectivity index (χ0v) is 16.7. The van der Waals surface area contributed by atoms with E-state index in [1.54, 1.807) is 31.2 Å². The Labute approximate surface area is 168 Å². The van der Waals surface area contributed by atoms with Crippen molar-refractivity contribution in [3.8, 4) is 6.07 Å². The standard InChI is InChI=1S/C22H20N2O3S/c1-13-6-8-16(9-7-13)18(26)12-28-22-17(11-23)21(19-5-4-10-27-19)20(15(3)25)14(2)24-22/h4-10,21,24H,12H2,1-3H3/t21-/m0/s1. The normalized spacial score (nSPS) is 16.6. The Balaban J connectivity index is 1.90. The molecule has 28 heavy (non-hydrogen) atoms. The molecule has 2 heterocycles. The van der Waals surface area contributed by atoms with Gasteiger partial charge in [0.15, 0.2) is 11.6 Å². The van der Waals surface area contributed by atoms with Crippen LogP contribution in [0.15, 0.2) is 69.0 Å². The van der Waals surface area contributed by atoms with Crippen LogP contribution in [0.2, 0.25) is 0 Å². The first-order valence-corrected chi connectivity index (χ1v) is 9.80. The Kier molecular flexibility index (Phi) is 5.86. The number of dihydropyridines is 1. The second-order valence-corrected chi connectivity index (χ2v) is 7.59. The molecule has 0 amide bonds. The first kappa shape index (κ1) is 19.7. The first-order valence-electron chi connectivity index (χ1n) is 8.81.